The van der Waals surface area contributed by atoms with Crippen LogP contribution in [0.15, 0.2) is 59.3 Å². The van der Waals surface area contributed by atoms with Crippen LogP contribution in [0.5, 0.6) is 0 Å². The van der Waals surface area contributed by atoms with Crippen molar-refractivity contribution in [2.75, 3.05) is 5.32 Å². The number of hydrogen-bond donors (Lipinski definition) is 1. The van der Waals surface area contributed by atoms with Crippen LogP contribution < -0.4 is 5.32 Å². The monoisotopic (exact) mass is 339 g/mol. The van der Waals surface area contributed by atoms with Crippen LogP contribution in [0.1, 0.15) is 11.3 Å². The van der Waals surface area contributed by atoms with E-state index in [1.54, 1.807) is 42.6 Å². The molecule has 0 spiro atoms. The van der Waals surface area contributed by atoms with Gasteiger partial charge in [-0.3, -0.25) is 0 Å². The molecule has 4 nitrogen and oxygen atoms in total. The van der Waals surface area contributed by atoms with Gasteiger partial charge in [-0.2, -0.15) is 5.26 Å². The molecular formula is C18H11ClFN3O. The minimum Gasteiger partial charge on any atom is -0.362 e. The Bertz CT molecular complexity index is 926. The predicted octanol–water partition coefficient (Wildman–Crippen LogP) is 5.09. The van der Waals surface area contributed by atoms with E-state index in [4.69, 9.17) is 16.1 Å². The highest BCUT2D eigenvalue weighted by Crippen LogP contribution is 2.31. The van der Waals surface area contributed by atoms with Crippen molar-refractivity contribution in [3.8, 4) is 17.3 Å². The highest BCUT2D eigenvalue weighted by molar-refractivity contribution is 6.33. The van der Waals surface area contributed by atoms with Gasteiger partial charge in [-0.15, -0.1) is 0 Å². The lowest BCUT2D eigenvalue weighted by Crippen LogP contribution is -1.87. The lowest BCUT2D eigenvalue weighted by Gasteiger charge is -1.99. The van der Waals surface area contributed by atoms with Gasteiger partial charge in [0.1, 0.15) is 23.1 Å². The fourth-order valence-corrected chi connectivity index (χ4v) is 2.35. The zero-order valence-corrected chi connectivity index (χ0v) is 13.1. The van der Waals surface area contributed by atoms with Crippen molar-refractivity contribution in [1.82, 2.24) is 5.16 Å². The Hall–Kier alpha value is -3.10. The highest BCUT2D eigenvalue weighted by atomic mass is 35.5. The first-order valence-corrected chi connectivity index (χ1v) is 7.40. The summed E-state index contributed by atoms with van der Waals surface area (Å²) < 4.78 is 18.1. The third-order valence-electron chi connectivity index (χ3n) is 3.29. The van der Waals surface area contributed by atoms with E-state index in [9.17, 15) is 9.65 Å². The Balaban J connectivity index is 1.85. The first-order chi connectivity index (χ1) is 11.7. The van der Waals surface area contributed by atoms with Crippen LogP contribution in [0.2, 0.25) is 5.02 Å². The number of halogens is 2. The number of nitrogens with zero attached hydrogens (tertiary/aromatic N) is 2. The summed E-state index contributed by atoms with van der Waals surface area (Å²) in [6.45, 7) is 0. The van der Waals surface area contributed by atoms with Crippen molar-refractivity contribution in [2.24, 2.45) is 0 Å². The highest BCUT2D eigenvalue weighted by Gasteiger charge is 2.17. The Kier molecular flexibility index (Phi) is 4.59. The molecule has 1 heterocycles. The van der Waals surface area contributed by atoms with Crippen LogP contribution in [-0.2, 0) is 0 Å². The van der Waals surface area contributed by atoms with Crippen molar-refractivity contribution in [3.05, 3.63) is 76.9 Å². The van der Waals surface area contributed by atoms with Gasteiger partial charge in [0.05, 0.1) is 5.02 Å². The van der Waals surface area contributed by atoms with Gasteiger partial charge in [0, 0.05) is 23.5 Å². The molecule has 2 aromatic carbocycles. The maximum Gasteiger partial charge on any atom is 0.179 e. The minimum atomic E-state index is -0.309. The summed E-state index contributed by atoms with van der Waals surface area (Å²) in [7, 11) is 0. The van der Waals surface area contributed by atoms with E-state index >= 15 is 0 Å². The maximum absolute atomic E-state index is 12.9. The molecule has 0 amide bonds. The van der Waals surface area contributed by atoms with E-state index in [0.717, 1.165) is 0 Å². The molecule has 0 aliphatic carbocycles. The van der Waals surface area contributed by atoms with E-state index < -0.39 is 0 Å². The molecule has 118 valence electrons. The van der Waals surface area contributed by atoms with Gasteiger partial charge < -0.3 is 9.84 Å². The van der Waals surface area contributed by atoms with E-state index in [2.05, 4.69) is 16.5 Å². The molecule has 0 unspecified atom stereocenters. The zero-order valence-electron chi connectivity index (χ0n) is 12.3. The zero-order chi connectivity index (χ0) is 16.9. The molecule has 3 aromatic rings. The Labute approximate surface area is 142 Å². The van der Waals surface area contributed by atoms with Crippen LogP contribution in [0.3, 0.4) is 0 Å². The van der Waals surface area contributed by atoms with Crippen molar-refractivity contribution in [2.45, 2.75) is 0 Å². The maximum atomic E-state index is 12.9. The number of aromatic nitrogens is 1. The van der Waals surface area contributed by atoms with Gasteiger partial charge in [-0.25, -0.2) is 4.39 Å². The molecule has 0 saturated carbocycles. The minimum absolute atomic E-state index is 0.292. The van der Waals surface area contributed by atoms with Gasteiger partial charge in [-0.1, -0.05) is 35.0 Å². The topological polar surface area (TPSA) is 61.9 Å². The van der Waals surface area contributed by atoms with Gasteiger partial charge in [0.15, 0.2) is 5.76 Å². The van der Waals surface area contributed by atoms with Crippen LogP contribution in [0, 0.1) is 17.1 Å². The largest absolute Gasteiger partial charge is 0.362 e. The number of anilines is 1. The fourth-order valence-electron chi connectivity index (χ4n) is 2.12. The van der Waals surface area contributed by atoms with Gasteiger partial charge in [-0.05, 0) is 30.3 Å². The summed E-state index contributed by atoms with van der Waals surface area (Å²) >= 11 is 6.14. The Morgan fingerprint density at radius 3 is 2.62 bits per heavy atom. The van der Waals surface area contributed by atoms with Crippen LogP contribution in [0.4, 0.5) is 10.1 Å². The molecule has 0 aliphatic rings. The molecule has 1 N–H and O–H groups in total. The normalized spacial score (nSPS) is 10.7. The van der Waals surface area contributed by atoms with E-state index in [-0.39, 0.29) is 5.82 Å². The lowest BCUT2D eigenvalue weighted by atomic mass is 10.1. The number of nitrogens with one attached hydrogen (secondary N) is 1. The standard InChI is InChI=1S/C18H11ClFN3O/c19-16-4-2-1-3-14(16)18-15(11-21)17(24-23-18)9-10-22-13-7-5-12(20)6-8-13/h1-10,22H/b10-9+. The second kappa shape index (κ2) is 6.99. The molecule has 0 saturated heterocycles. The third-order valence-corrected chi connectivity index (χ3v) is 3.62. The number of rotatable bonds is 4. The van der Waals surface area contributed by atoms with Crippen LogP contribution in [0.25, 0.3) is 17.3 Å². The average Bonchev–Trinajstić information content (AvgIpc) is 3.00. The molecule has 0 radical (unpaired) electrons. The summed E-state index contributed by atoms with van der Waals surface area (Å²) in [5.41, 5.74) is 2.02. The van der Waals surface area contributed by atoms with Crippen molar-refractivity contribution >= 4 is 23.4 Å². The molecule has 24 heavy (non-hydrogen) atoms. The van der Waals surface area contributed by atoms with Crippen molar-refractivity contribution < 1.29 is 8.91 Å². The summed E-state index contributed by atoms with van der Waals surface area (Å²) in [4.78, 5) is 0. The summed E-state index contributed by atoms with van der Waals surface area (Å²) in [5.74, 6) is -0.00190. The van der Waals surface area contributed by atoms with Crippen molar-refractivity contribution in [1.29, 1.82) is 5.26 Å². The van der Waals surface area contributed by atoms with Gasteiger partial charge in [0.2, 0.25) is 0 Å². The van der Waals surface area contributed by atoms with E-state index in [1.807, 2.05) is 6.07 Å². The number of hydrogen-bond acceptors (Lipinski definition) is 4. The molecule has 1 aromatic heterocycles. The molecule has 3 rings (SSSR count). The Morgan fingerprint density at radius 2 is 1.92 bits per heavy atom. The number of nitriles is 1. The van der Waals surface area contributed by atoms with Crippen molar-refractivity contribution in [3.63, 3.8) is 0 Å². The summed E-state index contributed by atoms with van der Waals surface area (Å²) in [6.07, 6.45) is 3.17. The summed E-state index contributed by atoms with van der Waals surface area (Å²) in [5, 5.41) is 16.8. The first-order valence-electron chi connectivity index (χ1n) is 7.02. The molecular weight excluding hydrogens is 329 g/mol. The lowest BCUT2D eigenvalue weighted by molar-refractivity contribution is 0.415. The molecule has 0 bridgehead atoms. The van der Waals surface area contributed by atoms with E-state index in [1.165, 1.54) is 12.1 Å². The Morgan fingerprint density at radius 1 is 1.17 bits per heavy atom. The SMILES string of the molecule is N#Cc1c(-c2ccccc2Cl)noc1/C=C/Nc1ccc(F)cc1. The molecule has 6 heteroatoms. The fraction of sp³-hybridized carbons (Fsp3) is 0. The van der Waals surface area contributed by atoms with Crippen LogP contribution >= 0.6 is 11.6 Å². The van der Waals surface area contributed by atoms with Crippen LogP contribution in [-0.4, -0.2) is 5.16 Å². The van der Waals surface area contributed by atoms with E-state index in [0.29, 0.717) is 33.3 Å². The molecule has 0 atom stereocenters. The quantitative estimate of drug-likeness (QED) is 0.719. The molecule has 0 aliphatic heterocycles. The van der Waals surface area contributed by atoms with Gasteiger partial charge >= 0.3 is 0 Å². The number of benzene rings is 2. The smallest absolute Gasteiger partial charge is 0.179 e. The van der Waals surface area contributed by atoms with Gasteiger partial charge in [0.25, 0.3) is 0 Å². The second-order valence-corrected chi connectivity index (χ2v) is 5.25. The predicted molar refractivity (Wildman–Crippen MR) is 90.7 cm³/mol. The average molecular weight is 340 g/mol. The summed E-state index contributed by atoms with van der Waals surface area (Å²) in [6, 6.07) is 15.1. The third kappa shape index (κ3) is 3.29. The first kappa shape index (κ1) is 15.8. The second-order valence-electron chi connectivity index (χ2n) is 4.85. The molecule has 0 fully saturated rings.